The van der Waals surface area contributed by atoms with Crippen LogP contribution in [0.4, 0.5) is 4.39 Å². The van der Waals surface area contributed by atoms with E-state index in [0.29, 0.717) is 6.04 Å². The zero-order chi connectivity index (χ0) is 13.1. The number of thioether (sulfide) groups is 2. The van der Waals surface area contributed by atoms with E-state index in [1.807, 2.05) is 6.07 Å². The Kier molecular flexibility index (Phi) is 4.72. The smallest absolute Gasteiger partial charge is 0.137 e. The van der Waals surface area contributed by atoms with Gasteiger partial charge in [-0.2, -0.15) is 11.8 Å². The summed E-state index contributed by atoms with van der Waals surface area (Å²) in [5, 5.41) is 3.69. The lowest BCUT2D eigenvalue weighted by Crippen LogP contribution is -2.31. The second kappa shape index (κ2) is 6.51. The molecule has 2 aliphatic heterocycles. The molecule has 1 N–H and O–H groups in total. The molecule has 1 aromatic carbocycles. The fourth-order valence-corrected chi connectivity index (χ4v) is 5.20. The zero-order valence-electron chi connectivity index (χ0n) is 11.0. The van der Waals surface area contributed by atoms with Crippen LogP contribution >= 0.6 is 23.5 Å². The zero-order valence-corrected chi connectivity index (χ0v) is 12.7. The molecule has 0 spiro atoms. The van der Waals surface area contributed by atoms with Gasteiger partial charge in [0, 0.05) is 10.9 Å². The number of fused-ring (bicyclic) bond motifs is 1. The number of rotatable bonds is 3. The number of hydrogen-bond acceptors (Lipinski definition) is 3. The van der Waals surface area contributed by atoms with Crippen LogP contribution in [0, 0.1) is 11.7 Å². The van der Waals surface area contributed by atoms with Crippen molar-refractivity contribution in [3.63, 3.8) is 0 Å². The Bertz CT molecular complexity index is 432. The van der Waals surface area contributed by atoms with E-state index in [1.54, 1.807) is 17.8 Å². The Hall–Kier alpha value is -0.190. The van der Waals surface area contributed by atoms with Gasteiger partial charge in [-0.15, -0.1) is 11.8 Å². The van der Waals surface area contributed by atoms with Gasteiger partial charge < -0.3 is 5.32 Å². The van der Waals surface area contributed by atoms with Gasteiger partial charge in [0.25, 0.3) is 0 Å². The van der Waals surface area contributed by atoms with Crippen LogP contribution in [0.1, 0.15) is 30.9 Å². The van der Waals surface area contributed by atoms with E-state index in [-0.39, 0.29) is 5.82 Å². The van der Waals surface area contributed by atoms with E-state index < -0.39 is 0 Å². The number of benzene rings is 1. The lowest BCUT2D eigenvalue weighted by atomic mass is 9.99. The predicted octanol–water partition coefficient (Wildman–Crippen LogP) is 4.10. The Morgan fingerprint density at radius 1 is 1.16 bits per heavy atom. The third kappa shape index (κ3) is 3.29. The van der Waals surface area contributed by atoms with Gasteiger partial charge >= 0.3 is 0 Å². The normalized spacial score (nSPS) is 24.2. The summed E-state index contributed by atoms with van der Waals surface area (Å²) >= 11 is 3.73. The number of halogens is 1. The molecule has 1 atom stereocenters. The highest BCUT2D eigenvalue weighted by Crippen LogP contribution is 2.37. The molecular formula is C15H20FNS2. The molecule has 0 bridgehead atoms. The van der Waals surface area contributed by atoms with Crippen LogP contribution in [0.25, 0.3) is 0 Å². The molecule has 1 fully saturated rings. The van der Waals surface area contributed by atoms with Gasteiger partial charge in [0.05, 0.1) is 0 Å². The van der Waals surface area contributed by atoms with E-state index in [9.17, 15) is 4.39 Å². The fraction of sp³-hybridized carbons (Fsp3) is 0.600. The Morgan fingerprint density at radius 3 is 2.84 bits per heavy atom. The highest BCUT2D eigenvalue weighted by molar-refractivity contribution is 7.99. The molecule has 1 aromatic rings. The Morgan fingerprint density at radius 2 is 2.00 bits per heavy atom. The van der Waals surface area contributed by atoms with Crippen LogP contribution in [-0.4, -0.2) is 23.8 Å². The Balaban J connectivity index is 1.64. The maximum atomic E-state index is 13.8. The van der Waals surface area contributed by atoms with Crippen molar-refractivity contribution in [3.05, 3.63) is 29.6 Å². The van der Waals surface area contributed by atoms with E-state index in [1.165, 1.54) is 29.9 Å². The first-order valence-corrected chi connectivity index (χ1v) is 9.21. The van der Waals surface area contributed by atoms with Gasteiger partial charge in [0.15, 0.2) is 0 Å². The van der Waals surface area contributed by atoms with Gasteiger partial charge in [-0.3, -0.25) is 0 Å². The molecule has 4 heteroatoms. The van der Waals surface area contributed by atoms with Crippen LogP contribution in [0.2, 0.25) is 0 Å². The summed E-state index contributed by atoms with van der Waals surface area (Å²) in [6.07, 6.45) is 3.77. The van der Waals surface area contributed by atoms with Gasteiger partial charge in [0.2, 0.25) is 0 Å². The standard InChI is InChI=1S/C15H20FNS2/c16-13-3-1-2-12-14(6-9-19-15(12)13)17-10-11-4-7-18-8-5-11/h1-3,11,14,17H,4-10H2. The van der Waals surface area contributed by atoms with E-state index >= 15 is 0 Å². The number of hydrogen-bond donors (Lipinski definition) is 1. The van der Waals surface area contributed by atoms with Crippen LogP contribution in [0.5, 0.6) is 0 Å². The molecule has 1 nitrogen and oxygen atoms in total. The maximum absolute atomic E-state index is 13.8. The minimum Gasteiger partial charge on any atom is -0.310 e. The monoisotopic (exact) mass is 297 g/mol. The summed E-state index contributed by atoms with van der Waals surface area (Å²) in [6.45, 7) is 1.09. The summed E-state index contributed by atoms with van der Waals surface area (Å²) in [5.74, 6) is 4.39. The molecule has 2 heterocycles. The lowest BCUT2D eigenvalue weighted by molar-refractivity contribution is 0.400. The molecule has 2 aliphatic rings. The van der Waals surface area contributed by atoms with Crippen LogP contribution in [0.3, 0.4) is 0 Å². The first-order valence-electron chi connectivity index (χ1n) is 7.07. The lowest BCUT2D eigenvalue weighted by Gasteiger charge is -2.29. The Labute approximate surface area is 123 Å². The fourth-order valence-electron chi connectivity index (χ4n) is 2.86. The van der Waals surface area contributed by atoms with Crippen molar-refractivity contribution in [3.8, 4) is 0 Å². The summed E-state index contributed by atoms with van der Waals surface area (Å²) in [7, 11) is 0. The first-order chi connectivity index (χ1) is 9.34. The van der Waals surface area contributed by atoms with Crippen molar-refractivity contribution >= 4 is 23.5 Å². The summed E-state index contributed by atoms with van der Waals surface area (Å²) in [5.41, 5.74) is 1.17. The van der Waals surface area contributed by atoms with Crippen molar-refractivity contribution < 1.29 is 4.39 Å². The van der Waals surface area contributed by atoms with Crippen molar-refractivity contribution in [2.45, 2.75) is 30.2 Å². The molecule has 3 rings (SSSR count). The molecule has 0 saturated carbocycles. The quantitative estimate of drug-likeness (QED) is 0.902. The summed E-state index contributed by atoms with van der Waals surface area (Å²) in [6, 6.07) is 5.85. The van der Waals surface area contributed by atoms with Crippen LogP contribution < -0.4 is 5.32 Å². The van der Waals surface area contributed by atoms with Gasteiger partial charge in [0.1, 0.15) is 5.82 Å². The summed E-state index contributed by atoms with van der Waals surface area (Å²) < 4.78 is 13.8. The van der Waals surface area contributed by atoms with E-state index in [4.69, 9.17) is 0 Å². The molecule has 0 aliphatic carbocycles. The molecule has 0 aromatic heterocycles. The third-order valence-corrected chi connectivity index (χ3v) is 6.23. The topological polar surface area (TPSA) is 12.0 Å². The SMILES string of the molecule is Fc1cccc2c1SCCC2NCC1CCSCC1. The predicted molar refractivity (Wildman–Crippen MR) is 82.5 cm³/mol. The molecule has 0 amide bonds. The summed E-state index contributed by atoms with van der Waals surface area (Å²) in [4.78, 5) is 0.866. The van der Waals surface area contributed by atoms with Crippen molar-refractivity contribution in [1.82, 2.24) is 5.32 Å². The highest BCUT2D eigenvalue weighted by Gasteiger charge is 2.23. The minimum absolute atomic E-state index is 0.0527. The van der Waals surface area contributed by atoms with Crippen LogP contribution in [-0.2, 0) is 0 Å². The average molecular weight is 297 g/mol. The van der Waals surface area contributed by atoms with Gasteiger partial charge in [-0.1, -0.05) is 12.1 Å². The molecular weight excluding hydrogens is 277 g/mol. The highest BCUT2D eigenvalue weighted by atomic mass is 32.2. The van der Waals surface area contributed by atoms with E-state index in [2.05, 4.69) is 23.1 Å². The third-order valence-electron chi connectivity index (χ3n) is 4.02. The molecule has 104 valence electrons. The number of nitrogens with one attached hydrogen (secondary N) is 1. The largest absolute Gasteiger partial charge is 0.310 e. The second-order valence-electron chi connectivity index (χ2n) is 5.31. The van der Waals surface area contributed by atoms with Crippen molar-refractivity contribution in [2.24, 2.45) is 5.92 Å². The molecule has 1 unspecified atom stereocenters. The average Bonchev–Trinajstić information content (AvgIpc) is 2.47. The molecule has 0 radical (unpaired) electrons. The van der Waals surface area contributed by atoms with E-state index in [0.717, 1.165) is 29.5 Å². The second-order valence-corrected chi connectivity index (χ2v) is 7.64. The van der Waals surface area contributed by atoms with Crippen molar-refractivity contribution in [2.75, 3.05) is 23.8 Å². The van der Waals surface area contributed by atoms with Crippen LogP contribution in [0.15, 0.2) is 23.1 Å². The molecule has 1 saturated heterocycles. The van der Waals surface area contributed by atoms with Gasteiger partial charge in [-0.25, -0.2) is 4.39 Å². The first kappa shape index (κ1) is 13.8. The van der Waals surface area contributed by atoms with Crippen molar-refractivity contribution in [1.29, 1.82) is 0 Å². The maximum Gasteiger partial charge on any atom is 0.137 e. The molecule has 19 heavy (non-hydrogen) atoms. The minimum atomic E-state index is -0.0527. The van der Waals surface area contributed by atoms with Gasteiger partial charge in [-0.05, 0) is 60.6 Å².